The van der Waals surface area contributed by atoms with Crippen molar-refractivity contribution in [2.24, 2.45) is 0 Å². The van der Waals surface area contributed by atoms with E-state index in [9.17, 15) is 12.8 Å². The first-order valence-corrected chi connectivity index (χ1v) is 9.68. The van der Waals surface area contributed by atoms with Crippen LogP contribution < -0.4 is 4.72 Å². The third-order valence-corrected chi connectivity index (χ3v) is 4.51. The van der Waals surface area contributed by atoms with Crippen LogP contribution in [0.15, 0.2) is 23.4 Å². The standard InChI is InChI=1S/C12H11Cl2FN4O2S2/c1-6(8-4-3-7(13)5-9(8)15)22-12-17-10(14)16-11(18-12)19-23(2,20)21/h3-6H,1-2H3,(H,16,17,18,19). The highest BCUT2D eigenvalue weighted by Gasteiger charge is 2.16. The number of aromatic nitrogens is 3. The molecular weight excluding hydrogens is 386 g/mol. The van der Waals surface area contributed by atoms with E-state index in [4.69, 9.17) is 23.2 Å². The van der Waals surface area contributed by atoms with E-state index in [1.807, 2.05) is 0 Å². The summed E-state index contributed by atoms with van der Waals surface area (Å²) in [7, 11) is -3.55. The molecule has 0 aliphatic carbocycles. The summed E-state index contributed by atoms with van der Waals surface area (Å²) in [4.78, 5) is 11.5. The molecule has 1 aromatic heterocycles. The highest BCUT2D eigenvalue weighted by atomic mass is 35.5. The number of sulfonamides is 1. The van der Waals surface area contributed by atoms with Gasteiger partial charge in [0, 0.05) is 15.8 Å². The third kappa shape index (κ3) is 5.45. The Morgan fingerprint density at radius 3 is 2.57 bits per heavy atom. The Bertz CT molecular complexity index is 836. The molecule has 23 heavy (non-hydrogen) atoms. The van der Waals surface area contributed by atoms with Gasteiger partial charge in [0.25, 0.3) is 0 Å². The van der Waals surface area contributed by atoms with Crippen molar-refractivity contribution in [3.05, 3.63) is 39.9 Å². The number of nitrogens with zero attached hydrogens (tertiary/aromatic N) is 3. The molecule has 0 radical (unpaired) electrons. The molecule has 0 bridgehead atoms. The number of hydrogen-bond donors (Lipinski definition) is 1. The smallest absolute Gasteiger partial charge is 0.241 e. The fraction of sp³-hybridized carbons (Fsp3) is 0.250. The predicted octanol–water partition coefficient (Wildman–Crippen LogP) is 3.54. The zero-order valence-corrected chi connectivity index (χ0v) is 15.1. The van der Waals surface area contributed by atoms with E-state index < -0.39 is 15.8 Å². The first kappa shape index (κ1) is 18.2. The summed E-state index contributed by atoms with van der Waals surface area (Å²) in [6.07, 6.45) is 0.962. The van der Waals surface area contributed by atoms with Crippen LogP contribution in [0.3, 0.4) is 0 Å². The average molecular weight is 397 g/mol. The van der Waals surface area contributed by atoms with Gasteiger partial charge in [-0.2, -0.15) is 15.0 Å². The molecule has 2 rings (SSSR count). The third-order valence-electron chi connectivity index (χ3n) is 2.55. The van der Waals surface area contributed by atoms with Crippen LogP contribution in [0.25, 0.3) is 0 Å². The molecule has 2 aromatic rings. The minimum absolute atomic E-state index is 0.165. The Morgan fingerprint density at radius 2 is 1.96 bits per heavy atom. The Hall–Kier alpha value is -1.16. The lowest BCUT2D eigenvalue weighted by molar-refractivity contribution is 0.606. The molecular formula is C12H11Cl2FN4O2S2. The van der Waals surface area contributed by atoms with Gasteiger partial charge in [-0.15, -0.1) is 0 Å². The summed E-state index contributed by atoms with van der Waals surface area (Å²) in [6, 6.07) is 4.35. The van der Waals surface area contributed by atoms with Crippen LogP contribution >= 0.6 is 35.0 Å². The predicted molar refractivity (Wildman–Crippen MR) is 89.0 cm³/mol. The molecule has 0 amide bonds. The maximum atomic E-state index is 13.9. The van der Waals surface area contributed by atoms with Gasteiger partial charge in [0.2, 0.25) is 21.3 Å². The van der Waals surface area contributed by atoms with Crippen molar-refractivity contribution in [2.75, 3.05) is 11.0 Å². The monoisotopic (exact) mass is 396 g/mol. The SMILES string of the molecule is CC(Sc1nc(Cl)nc(NS(C)(=O)=O)n1)c1ccc(Cl)cc1F. The molecule has 0 saturated heterocycles. The van der Waals surface area contributed by atoms with Gasteiger partial charge in [0.05, 0.1) is 6.26 Å². The van der Waals surface area contributed by atoms with Crippen LogP contribution in [0.1, 0.15) is 17.7 Å². The molecule has 1 atom stereocenters. The van der Waals surface area contributed by atoms with E-state index in [-0.39, 0.29) is 21.6 Å². The first-order chi connectivity index (χ1) is 10.6. The van der Waals surface area contributed by atoms with E-state index in [0.717, 1.165) is 18.0 Å². The highest BCUT2D eigenvalue weighted by molar-refractivity contribution is 7.99. The van der Waals surface area contributed by atoms with Crippen LogP contribution in [-0.4, -0.2) is 29.6 Å². The lowest BCUT2D eigenvalue weighted by Crippen LogP contribution is -2.13. The summed E-state index contributed by atoms with van der Waals surface area (Å²) < 4.78 is 38.5. The van der Waals surface area contributed by atoms with Crippen LogP contribution in [0.4, 0.5) is 10.3 Å². The molecule has 0 saturated carbocycles. The van der Waals surface area contributed by atoms with Crippen molar-refractivity contribution in [3.63, 3.8) is 0 Å². The zero-order valence-electron chi connectivity index (χ0n) is 11.9. The summed E-state index contributed by atoms with van der Waals surface area (Å²) >= 11 is 12.6. The van der Waals surface area contributed by atoms with Gasteiger partial charge in [-0.3, -0.25) is 4.72 Å². The van der Waals surface area contributed by atoms with Crippen molar-refractivity contribution in [3.8, 4) is 0 Å². The van der Waals surface area contributed by atoms with E-state index in [2.05, 4.69) is 19.7 Å². The fourth-order valence-corrected chi connectivity index (χ4v) is 3.35. The van der Waals surface area contributed by atoms with Crippen LogP contribution in [0.5, 0.6) is 0 Å². The van der Waals surface area contributed by atoms with E-state index in [0.29, 0.717) is 10.6 Å². The van der Waals surface area contributed by atoms with Crippen LogP contribution in [-0.2, 0) is 10.0 Å². The van der Waals surface area contributed by atoms with Crippen molar-refractivity contribution in [1.82, 2.24) is 15.0 Å². The number of nitrogens with one attached hydrogen (secondary N) is 1. The van der Waals surface area contributed by atoms with E-state index >= 15 is 0 Å². The van der Waals surface area contributed by atoms with Crippen molar-refractivity contribution in [2.45, 2.75) is 17.3 Å². The topological polar surface area (TPSA) is 84.8 Å². The van der Waals surface area contributed by atoms with Gasteiger partial charge in [0.15, 0.2) is 5.16 Å². The molecule has 1 heterocycles. The van der Waals surface area contributed by atoms with Gasteiger partial charge < -0.3 is 0 Å². The van der Waals surface area contributed by atoms with Gasteiger partial charge in [-0.1, -0.05) is 29.4 Å². The molecule has 0 aliphatic rings. The maximum Gasteiger partial charge on any atom is 0.241 e. The lowest BCUT2D eigenvalue weighted by atomic mass is 10.1. The largest absolute Gasteiger partial charge is 0.251 e. The minimum Gasteiger partial charge on any atom is -0.251 e. The lowest BCUT2D eigenvalue weighted by Gasteiger charge is -2.12. The van der Waals surface area contributed by atoms with Crippen molar-refractivity contribution in [1.29, 1.82) is 0 Å². The van der Waals surface area contributed by atoms with Gasteiger partial charge in [-0.05, 0) is 30.7 Å². The second-order valence-electron chi connectivity index (χ2n) is 4.51. The summed E-state index contributed by atoms with van der Waals surface area (Å²) in [5.74, 6) is -0.647. The second-order valence-corrected chi connectivity index (χ2v) is 8.34. The quantitative estimate of drug-likeness (QED) is 0.777. The van der Waals surface area contributed by atoms with E-state index in [1.165, 1.54) is 6.07 Å². The molecule has 0 aliphatic heterocycles. The summed E-state index contributed by atoms with van der Waals surface area (Å²) in [6.45, 7) is 1.75. The highest BCUT2D eigenvalue weighted by Crippen LogP contribution is 2.35. The number of thioether (sulfide) groups is 1. The normalized spacial score (nSPS) is 12.9. The molecule has 6 nitrogen and oxygen atoms in total. The number of rotatable bonds is 5. The van der Waals surface area contributed by atoms with Crippen molar-refractivity contribution < 1.29 is 12.8 Å². The molecule has 0 spiro atoms. The average Bonchev–Trinajstić information content (AvgIpc) is 2.35. The molecule has 1 aromatic carbocycles. The Kier molecular flexibility index (Phi) is 5.66. The summed E-state index contributed by atoms with van der Waals surface area (Å²) in [5.41, 5.74) is 0.411. The molecule has 0 fully saturated rings. The van der Waals surface area contributed by atoms with E-state index in [1.54, 1.807) is 19.1 Å². The second kappa shape index (κ2) is 7.16. The number of halogens is 3. The van der Waals surface area contributed by atoms with Gasteiger partial charge in [-0.25, -0.2) is 12.8 Å². The summed E-state index contributed by atoms with van der Waals surface area (Å²) in [5, 5.41) is -0.0569. The van der Waals surface area contributed by atoms with Crippen molar-refractivity contribution >= 4 is 50.9 Å². The van der Waals surface area contributed by atoms with Crippen LogP contribution in [0, 0.1) is 5.82 Å². The van der Waals surface area contributed by atoms with Gasteiger partial charge in [0.1, 0.15) is 5.82 Å². The number of benzene rings is 1. The molecule has 124 valence electrons. The maximum absolute atomic E-state index is 13.9. The Labute approximate surface area is 146 Å². The number of hydrogen-bond acceptors (Lipinski definition) is 6. The zero-order chi connectivity index (χ0) is 17.2. The Balaban J connectivity index is 2.25. The molecule has 11 heteroatoms. The molecule has 1 unspecified atom stereocenters. The molecule has 1 N–H and O–H groups in total. The van der Waals surface area contributed by atoms with Crippen LogP contribution in [0.2, 0.25) is 10.3 Å². The van der Waals surface area contributed by atoms with Gasteiger partial charge >= 0.3 is 0 Å². The fourth-order valence-electron chi connectivity index (χ4n) is 1.65. The Morgan fingerprint density at radius 1 is 1.26 bits per heavy atom. The first-order valence-electron chi connectivity index (χ1n) is 6.15. The number of anilines is 1. The minimum atomic E-state index is -3.55.